The zero-order valence-electron chi connectivity index (χ0n) is 12.6. The summed E-state index contributed by atoms with van der Waals surface area (Å²) in [5.74, 6) is -0.401. The van der Waals surface area contributed by atoms with E-state index in [1.165, 1.54) is 12.5 Å². The molecule has 0 aliphatic rings. The highest BCUT2D eigenvalue weighted by molar-refractivity contribution is 6.06. The number of aryl methyl sites for hydroxylation is 3. The van der Waals surface area contributed by atoms with Crippen LogP contribution in [0.25, 0.3) is 0 Å². The quantitative estimate of drug-likeness (QED) is 0.654. The van der Waals surface area contributed by atoms with E-state index >= 15 is 0 Å². The van der Waals surface area contributed by atoms with Crippen molar-refractivity contribution in [1.29, 1.82) is 0 Å². The maximum Gasteiger partial charge on any atom is 0.236 e. The Morgan fingerprint density at radius 1 is 1.10 bits per heavy atom. The predicted molar refractivity (Wildman–Crippen MR) is 80.8 cm³/mol. The third kappa shape index (κ3) is 4.84. The summed E-state index contributed by atoms with van der Waals surface area (Å²) >= 11 is 0. The number of amides is 2. The van der Waals surface area contributed by atoms with Gasteiger partial charge < -0.3 is 5.32 Å². The van der Waals surface area contributed by atoms with E-state index in [-0.39, 0.29) is 18.2 Å². The Labute approximate surface area is 119 Å². The smallest absolute Gasteiger partial charge is 0.236 e. The molecule has 0 saturated heterocycles. The molecule has 0 aliphatic carbocycles. The van der Waals surface area contributed by atoms with Crippen molar-refractivity contribution < 1.29 is 9.59 Å². The lowest BCUT2D eigenvalue weighted by Gasteiger charge is -2.12. The van der Waals surface area contributed by atoms with Crippen molar-refractivity contribution >= 4 is 23.2 Å². The number of carbonyl (C=O) groups is 2. The molecule has 0 bridgehead atoms. The third-order valence-electron chi connectivity index (χ3n) is 2.76. The normalized spacial score (nSPS) is 11.2. The molecule has 0 saturated carbocycles. The molecule has 0 spiro atoms. The van der Waals surface area contributed by atoms with Crippen LogP contribution in [-0.4, -0.2) is 17.5 Å². The standard InChI is InChI=1S/C15H21N3O2/c1-9-6-10(2)15(11(3)7-9)16-14(20)8-12(4)17-18-13(5)19/h6-7H,8H2,1-5H3,(H,16,20)(H,18,19)/b17-12-. The Hall–Kier alpha value is -2.17. The highest BCUT2D eigenvalue weighted by atomic mass is 16.2. The predicted octanol–water partition coefficient (Wildman–Crippen LogP) is 2.45. The molecule has 0 radical (unpaired) electrons. The average molecular weight is 275 g/mol. The van der Waals surface area contributed by atoms with Gasteiger partial charge in [0.05, 0.1) is 6.42 Å². The van der Waals surface area contributed by atoms with Crippen molar-refractivity contribution in [3.05, 3.63) is 28.8 Å². The van der Waals surface area contributed by atoms with E-state index in [1.807, 2.05) is 32.9 Å². The maximum atomic E-state index is 12.0. The van der Waals surface area contributed by atoms with E-state index in [0.29, 0.717) is 5.71 Å². The molecule has 0 aliphatic heterocycles. The van der Waals surface area contributed by atoms with Gasteiger partial charge in [-0.25, -0.2) is 5.43 Å². The SMILES string of the molecule is CC(=O)N/N=C(/C)CC(=O)Nc1c(C)cc(C)cc1C. The Morgan fingerprint density at radius 3 is 2.15 bits per heavy atom. The van der Waals surface area contributed by atoms with E-state index in [4.69, 9.17) is 0 Å². The van der Waals surface area contributed by atoms with E-state index in [2.05, 4.69) is 15.8 Å². The number of hydrazone groups is 1. The summed E-state index contributed by atoms with van der Waals surface area (Å²) in [5, 5.41) is 6.71. The Kier molecular flexibility index (Phi) is 5.43. The van der Waals surface area contributed by atoms with E-state index in [9.17, 15) is 9.59 Å². The van der Waals surface area contributed by atoms with Gasteiger partial charge in [-0.3, -0.25) is 9.59 Å². The summed E-state index contributed by atoms with van der Waals surface area (Å²) in [7, 11) is 0. The topological polar surface area (TPSA) is 70.6 Å². The molecule has 0 atom stereocenters. The van der Waals surface area contributed by atoms with Gasteiger partial charge in [0.15, 0.2) is 0 Å². The van der Waals surface area contributed by atoms with Crippen LogP contribution in [0.5, 0.6) is 0 Å². The second kappa shape index (κ2) is 6.84. The number of benzene rings is 1. The van der Waals surface area contributed by atoms with Crippen LogP contribution in [0.1, 0.15) is 37.0 Å². The lowest BCUT2D eigenvalue weighted by molar-refractivity contribution is -0.119. The molecule has 0 unspecified atom stereocenters. The summed E-state index contributed by atoms with van der Waals surface area (Å²) in [6.45, 7) is 9.03. The van der Waals surface area contributed by atoms with Gasteiger partial charge in [-0.1, -0.05) is 17.7 Å². The zero-order valence-corrected chi connectivity index (χ0v) is 12.6. The van der Waals surface area contributed by atoms with Crippen LogP contribution in [0.15, 0.2) is 17.2 Å². The van der Waals surface area contributed by atoms with Crippen molar-refractivity contribution in [1.82, 2.24) is 5.43 Å². The third-order valence-corrected chi connectivity index (χ3v) is 2.76. The fraction of sp³-hybridized carbons (Fsp3) is 0.400. The molecule has 20 heavy (non-hydrogen) atoms. The summed E-state index contributed by atoms with van der Waals surface area (Å²) < 4.78 is 0. The molecule has 5 heteroatoms. The molecule has 2 N–H and O–H groups in total. The van der Waals surface area contributed by atoms with E-state index in [1.54, 1.807) is 6.92 Å². The second-order valence-corrected chi connectivity index (χ2v) is 5.01. The summed E-state index contributed by atoms with van der Waals surface area (Å²) in [6, 6.07) is 4.06. The van der Waals surface area contributed by atoms with Crippen molar-refractivity contribution in [2.24, 2.45) is 5.10 Å². The Morgan fingerprint density at radius 2 is 1.65 bits per heavy atom. The lowest BCUT2D eigenvalue weighted by Crippen LogP contribution is -2.20. The van der Waals surface area contributed by atoms with Crippen LogP contribution < -0.4 is 10.7 Å². The lowest BCUT2D eigenvalue weighted by atomic mass is 10.0. The number of hydrogen-bond acceptors (Lipinski definition) is 3. The van der Waals surface area contributed by atoms with Crippen LogP contribution in [0.2, 0.25) is 0 Å². The fourth-order valence-corrected chi connectivity index (χ4v) is 2.01. The van der Waals surface area contributed by atoms with Gasteiger partial charge in [-0.05, 0) is 38.8 Å². The number of nitrogens with one attached hydrogen (secondary N) is 2. The molecule has 0 aromatic heterocycles. The van der Waals surface area contributed by atoms with Gasteiger partial charge in [0.1, 0.15) is 0 Å². The summed E-state index contributed by atoms with van der Waals surface area (Å²) in [4.78, 5) is 22.7. The minimum atomic E-state index is -0.255. The monoisotopic (exact) mass is 275 g/mol. The molecular weight excluding hydrogens is 254 g/mol. The summed E-state index contributed by atoms with van der Waals surface area (Å²) in [5.41, 5.74) is 6.95. The molecule has 108 valence electrons. The first-order valence-corrected chi connectivity index (χ1v) is 6.47. The van der Waals surface area contributed by atoms with Gasteiger partial charge in [-0.2, -0.15) is 5.10 Å². The number of rotatable bonds is 4. The van der Waals surface area contributed by atoms with Gasteiger partial charge in [0, 0.05) is 18.3 Å². The largest absolute Gasteiger partial charge is 0.325 e. The van der Waals surface area contributed by atoms with Crippen molar-refractivity contribution in [3.63, 3.8) is 0 Å². The van der Waals surface area contributed by atoms with Crippen LogP contribution in [0.4, 0.5) is 5.69 Å². The first-order chi connectivity index (χ1) is 9.29. The van der Waals surface area contributed by atoms with Crippen molar-refractivity contribution in [2.75, 3.05) is 5.32 Å². The second-order valence-electron chi connectivity index (χ2n) is 5.01. The van der Waals surface area contributed by atoms with Crippen LogP contribution in [0.3, 0.4) is 0 Å². The van der Waals surface area contributed by atoms with Gasteiger partial charge in [0.25, 0.3) is 0 Å². The van der Waals surface area contributed by atoms with Crippen molar-refractivity contribution in [2.45, 2.75) is 41.0 Å². The van der Waals surface area contributed by atoms with Crippen molar-refractivity contribution in [3.8, 4) is 0 Å². The summed E-state index contributed by atoms with van der Waals surface area (Å²) in [6.07, 6.45) is 0.146. The average Bonchev–Trinajstić information content (AvgIpc) is 2.31. The fourth-order valence-electron chi connectivity index (χ4n) is 2.01. The molecule has 0 heterocycles. The van der Waals surface area contributed by atoms with Gasteiger partial charge >= 0.3 is 0 Å². The van der Waals surface area contributed by atoms with Gasteiger partial charge in [0.2, 0.25) is 11.8 Å². The molecule has 5 nitrogen and oxygen atoms in total. The number of carbonyl (C=O) groups excluding carboxylic acids is 2. The minimum absolute atomic E-state index is 0.146. The highest BCUT2D eigenvalue weighted by Gasteiger charge is 2.09. The number of hydrogen-bond donors (Lipinski definition) is 2. The Bertz CT molecular complexity index is 539. The molecule has 1 aromatic carbocycles. The minimum Gasteiger partial charge on any atom is -0.325 e. The number of anilines is 1. The molecule has 1 aromatic rings. The Balaban J connectivity index is 2.72. The van der Waals surface area contributed by atoms with Crippen LogP contribution in [0, 0.1) is 20.8 Å². The first-order valence-electron chi connectivity index (χ1n) is 6.47. The molecule has 2 amide bonds. The first kappa shape index (κ1) is 15.9. The van der Waals surface area contributed by atoms with Crippen LogP contribution >= 0.6 is 0 Å². The van der Waals surface area contributed by atoms with E-state index in [0.717, 1.165) is 16.8 Å². The zero-order chi connectivity index (χ0) is 15.3. The molecular formula is C15H21N3O2. The van der Waals surface area contributed by atoms with Crippen LogP contribution in [-0.2, 0) is 9.59 Å². The number of nitrogens with zero attached hydrogens (tertiary/aromatic N) is 1. The molecule has 0 fully saturated rings. The highest BCUT2D eigenvalue weighted by Crippen LogP contribution is 2.21. The van der Waals surface area contributed by atoms with E-state index < -0.39 is 0 Å². The molecule has 1 rings (SSSR count). The maximum absolute atomic E-state index is 12.0. The van der Waals surface area contributed by atoms with Gasteiger partial charge in [-0.15, -0.1) is 0 Å².